The molecule has 0 aromatic heterocycles. The predicted molar refractivity (Wildman–Crippen MR) is 78.9 cm³/mol. The summed E-state index contributed by atoms with van der Waals surface area (Å²) in [6.45, 7) is 0. The van der Waals surface area contributed by atoms with Crippen molar-refractivity contribution in [2.75, 3.05) is 0 Å². The second-order valence-corrected chi connectivity index (χ2v) is 5.05. The Hall–Kier alpha value is -2.33. The zero-order valence-electron chi connectivity index (χ0n) is 11.0. The van der Waals surface area contributed by atoms with Crippen LogP contribution in [0.3, 0.4) is 0 Å². The molecule has 108 valence electrons. The third-order valence-corrected chi connectivity index (χ3v) is 3.49. The molecule has 2 N–H and O–H groups in total. The predicted octanol–water partition coefficient (Wildman–Crippen LogP) is 3.45. The molecule has 0 bridgehead atoms. The van der Waals surface area contributed by atoms with Crippen LogP contribution in [-0.2, 0) is 11.2 Å². The molecule has 1 unspecified atom stereocenters. The summed E-state index contributed by atoms with van der Waals surface area (Å²) < 4.78 is 0. The average molecular weight is 305 g/mol. The van der Waals surface area contributed by atoms with E-state index in [1.807, 2.05) is 0 Å². The fraction of sp³-hybridized carbons (Fsp3) is 0.125. The van der Waals surface area contributed by atoms with Crippen LogP contribution < -0.4 is 0 Å². The minimum absolute atomic E-state index is 0.111. The summed E-state index contributed by atoms with van der Waals surface area (Å²) in [5, 5.41) is 19.1. The van der Waals surface area contributed by atoms with Crippen molar-refractivity contribution < 1.29 is 19.8 Å². The van der Waals surface area contributed by atoms with Crippen molar-refractivity contribution in [2.45, 2.75) is 12.3 Å². The van der Waals surface area contributed by atoms with Gasteiger partial charge >= 0.3 is 11.9 Å². The van der Waals surface area contributed by atoms with Gasteiger partial charge in [-0.2, -0.15) is 0 Å². The van der Waals surface area contributed by atoms with Crippen molar-refractivity contribution in [1.82, 2.24) is 0 Å². The number of benzene rings is 2. The summed E-state index contributed by atoms with van der Waals surface area (Å²) in [6, 6.07) is 12.9. The van der Waals surface area contributed by atoms with Crippen LogP contribution in [0.2, 0.25) is 5.02 Å². The van der Waals surface area contributed by atoms with Crippen molar-refractivity contribution in [1.29, 1.82) is 0 Å². The van der Waals surface area contributed by atoms with Crippen LogP contribution >= 0.6 is 11.6 Å². The number of halogens is 1. The average Bonchev–Trinajstić information content (AvgIpc) is 2.46. The molecular formula is C16H13ClO4. The first-order valence-electron chi connectivity index (χ1n) is 6.28. The van der Waals surface area contributed by atoms with Gasteiger partial charge < -0.3 is 10.2 Å². The van der Waals surface area contributed by atoms with Crippen molar-refractivity contribution in [3.05, 3.63) is 70.2 Å². The van der Waals surface area contributed by atoms with Crippen LogP contribution in [0.5, 0.6) is 0 Å². The fourth-order valence-electron chi connectivity index (χ4n) is 2.17. The number of rotatable bonds is 5. The van der Waals surface area contributed by atoms with Gasteiger partial charge in [-0.3, -0.25) is 4.79 Å². The number of hydrogen-bond donors (Lipinski definition) is 2. The smallest absolute Gasteiger partial charge is 0.335 e. The maximum Gasteiger partial charge on any atom is 0.335 e. The van der Waals surface area contributed by atoms with Crippen molar-refractivity contribution >= 4 is 23.5 Å². The molecule has 2 aromatic carbocycles. The van der Waals surface area contributed by atoms with E-state index < -0.39 is 17.9 Å². The van der Waals surface area contributed by atoms with Crippen molar-refractivity contribution in [3.63, 3.8) is 0 Å². The number of carboxylic acids is 2. The van der Waals surface area contributed by atoms with Gasteiger partial charge in [0.25, 0.3) is 0 Å². The first kappa shape index (κ1) is 15.1. The molecule has 0 saturated carbocycles. The Bertz CT molecular complexity index is 664. The van der Waals surface area contributed by atoms with E-state index in [9.17, 15) is 14.7 Å². The molecule has 0 amide bonds. The van der Waals surface area contributed by atoms with Gasteiger partial charge in [0.15, 0.2) is 0 Å². The first-order chi connectivity index (χ1) is 9.99. The molecule has 0 saturated heterocycles. The summed E-state index contributed by atoms with van der Waals surface area (Å²) in [5.41, 5.74) is 1.21. The van der Waals surface area contributed by atoms with Gasteiger partial charge in [0.05, 0.1) is 11.5 Å². The van der Waals surface area contributed by atoms with Gasteiger partial charge in [-0.1, -0.05) is 41.9 Å². The van der Waals surface area contributed by atoms with E-state index in [0.717, 1.165) is 0 Å². The Morgan fingerprint density at radius 1 is 1.00 bits per heavy atom. The lowest BCUT2D eigenvalue weighted by molar-refractivity contribution is -0.138. The second-order valence-electron chi connectivity index (χ2n) is 4.61. The van der Waals surface area contributed by atoms with Crippen LogP contribution in [0.4, 0.5) is 0 Å². The van der Waals surface area contributed by atoms with E-state index >= 15 is 0 Å². The zero-order valence-corrected chi connectivity index (χ0v) is 11.7. The standard InChI is InChI=1S/C16H13ClO4/c17-12-7-5-10(6-8-12)14(16(20)21)9-11-3-1-2-4-13(11)15(18)19/h1-8,14H,9H2,(H,18,19)(H,20,21). The first-order valence-corrected chi connectivity index (χ1v) is 6.66. The Labute approximate surface area is 126 Å². The lowest BCUT2D eigenvalue weighted by atomic mass is 9.90. The maximum absolute atomic E-state index is 11.5. The minimum Gasteiger partial charge on any atom is -0.481 e. The Morgan fingerprint density at radius 3 is 2.19 bits per heavy atom. The summed E-state index contributed by atoms with van der Waals surface area (Å²) in [7, 11) is 0. The van der Waals surface area contributed by atoms with E-state index in [1.54, 1.807) is 42.5 Å². The molecule has 0 radical (unpaired) electrons. The van der Waals surface area contributed by atoms with E-state index in [2.05, 4.69) is 0 Å². The Morgan fingerprint density at radius 2 is 1.62 bits per heavy atom. The molecule has 0 heterocycles. The van der Waals surface area contributed by atoms with Gasteiger partial charge in [0.2, 0.25) is 0 Å². The summed E-state index contributed by atoms with van der Waals surface area (Å²) in [5.74, 6) is -2.88. The highest BCUT2D eigenvalue weighted by Gasteiger charge is 2.22. The van der Waals surface area contributed by atoms with E-state index in [1.165, 1.54) is 6.07 Å². The van der Waals surface area contributed by atoms with Crippen LogP contribution in [0.15, 0.2) is 48.5 Å². The zero-order chi connectivity index (χ0) is 15.4. The largest absolute Gasteiger partial charge is 0.481 e. The Balaban J connectivity index is 2.35. The number of carbonyl (C=O) groups is 2. The lowest BCUT2D eigenvalue weighted by Crippen LogP contribution is -2.16. The summed E-state index contributed by atoms with van der Waals surface area (Å²) in [4.78, 5) is 22.7. The number of hydrogen-bond acceptors (Lipinski definition) is 2. The molecule has 4 nitrogen and oxygen atoms in total. The van der Waals surface area contributed by atoms with Gasteiger partial charge in [0.1, 0.15) is 0 Å². The quantitative estimate of drug-likeness (QED) is 0.887. The lowest BCUT2D eigenvalue weighted by Gasteiger charge is -2.14. The number of aliphatic carboxylic acids is 1. The molecular weight excluding hydrogens is 292 g/mol. The third-order valence-electron chi connectivity index (χ3n) is 3.24. The molecule has 2 aromatic rings. The van der Waals surface area contributed by atoms with Gasteiger partial charge in [-0.25, -0.2) is 4.79 Å². The van der Waals surface area contributed by atoms with Gasteiger partial charge in [-0.15, -0.1) is 0 Å². The van der Waals surface area contributed by atoms with Gasteiger partial charge in [-0.05, 0) is 35.7 Å². The normalized spacial score (nSPS) is 11.9. The highest BCUT2D eigenvalue weighted by molar-refractivity contribution is 6.30. The van der Waals surface area contributed by atoms with Crippen LogP contribution in [0.1, 0.15) is 27.4 Å². The summed E-state index contributed by atoms with van der Waals surface area (Å²) >= 11 is 5.80. The summed E-state index contributed by atoms with van der Waals surface area (Å²) in [6.07, 6.45) is 0.111. The van der Waals surface area contributed by atoms with Crippen molar-refractivity contribution in [2.24, 2.45) is 0 Å². The van der Waals surface area contributed by atoms with Crippen molar-refractivity contribution in [3.8, 4) is 0 Å². The molecule has 1 atom stereocenters. The van der Waals surface area contributed by atoms with E-state index in [-0.39, 0.29) is 12.0 Å². The molecule has 0 aliphatic rings. The topological polar surface area (TPSA) is 74.6 Å². The second kappa shape index (κ2) is 6.41. The molecule has 2 rings (SSSR count). The molecule has 21 heavy (non-hydrogen) atoms. The maximum atomic E-state index is 11.5. The molecule has 0 spiro atoms. The van der Waals surface area contributed by atoms with Crippen LogP contribution in [0.25, 0.3) is 0 Å². The van der Waals surface area contributed by atoms with Crippen LogP contribution in [0, 0.1) is 0 Å². The van der Waals surface area contributed by atoms with Gasteiger partial charge in [0, 0.05) is 5.02 Å². The highest BCUT2D eigenvalue weighted by Crippen LogP contribution is 2.24. The molecule has 0 fully saturated rings. The minimum atomic E-state index is -1.06. The third kappa shape index (κ3) is 3.61. The monoisotopic (exact) mass is 304 g/mol. The number of carboxylic acid groups (broad SMARTS) is 2. The highest BCUT2D eigenvalue weighted by atomic mass is 35.5. The van der Waals surface area contributed by atoms with E-state index in [0.29, 0.717) is 16.1 Å². The number of aromatic carboxylic acids is 1. The SMILES string of the molecule is O=C(O)c1ccccc1CC(C(=O)O)c1ccc(Cl)cc1. The Kier molecular flexibility index (Phi) is 4.60. The molecule has 0 aliphatic heterocycles. The van der Waals surface area contributed by atoms with E-state index in [4.69, 9.17) is 16.7 Å². The molecule has 5 heteroatoms. The molecule has 0 aliphatic carbocycles. The fourth-order valence-corrected chi connectivity index (χ4v) is 2.30. The van der Waals surface area contributed by atoms with Crippen LogP contribution in [-0.4, -0.2) is 22.2 Å².